The normalized spacial score (nSPS) is 12.2. The van der Waals surface area contributed by atoms with Crippen molar-refractivity contribution in [2.45, 2.75) is 26.8 Å². The van der Waals surface area contributed by atoms with Crippen LogP contribution in [0.5, 0.6) is 6.01 Å². The molecule has 0 saturated carbocycles. The molecule has 6 nitrogen and oxygen atoms in total. The van der Waals surface area contributed by atoms with Crippen LogP contribution in [-0.4, -0.2) is 28.6 Å². The fourth-order valence-corrected chi connectivity index (χ4v) is 2.87. The van der Waals surface area contributed by atoms with Gasteiger partial charge >= 0.3 is 6.01 Å². The zero-order valence-corrected chi connectivity index (χ0v) is 13.6. The van der Waals surface area contributed by atoms with E-state index in [-0.39, 0.29) is 6.04 Å². The Labute approximate surface area is 129 Å². The Hall–Kier alpha value is -1.89. The van der Waals surface area contributed by atoms with Crippen LogP contribution in [0.2, 0.25) is 0 Å². The minimum absolute atomic E-state index is 0.159. The molecule has 114 valence electrons. The monoisotopic (exact) mass is 307 g/mol. The molecule has 2 rings (SSSR count). The van der Waals surface area contributed by atoms with Crippen LogP contribution in [0.4, 0.5) is 11.9 Å². The molecule has 2 heterocycles. The molecule has 0 aromatic carbocycles. The Morgan fingerprint density at radius 2 is 2.00 bits per heavy atom. The quantitative estimate of drug-likeness (QED) is 0.818. The zero-order chi connectivity index (χ0) is 15.2. The van der Waals surface area contributed by atoms with E-state index in [0.717, 1.165) is 6.54 Å². The first-order chi connectivity index (χ1) is 10.1. The van der Waals surface area contributed by atoms with E-state index in [1.165, 1.54) is 4.88 Å². The average Bonchev–Trinajstić information content (AvgIpc) is 2.98. The van der Waals surface area contributed by atoms with Gasteiger partial charge in [0.05, 0.1) is 13.2 Å². The highest BCUT2D eigenvalue weighted by Gasteiger charge is 2.19. The fourth-order valence-electron chi connectivity index (χ4n) is 1.92. The van der Waals surface area contributed by atoms with E-state index in [1.807, 2.05) is 6.92 Å². The Bertz CT molecular complexity index is 558. The highest BCUT2D eigenvalue weighted by atomic mass is 32.1. The van der Waals surface area contributed by atoms with Gasteiger partial charge in [0.1, 0.15) is 0 Å². The van der Waals surface area contributed by atoms with Crippen LogP contribution in [-0.2, 0) is 0 Å². The van der Waals surface area contributed by atoms with Crippen LogP contribution in [0.1, 0.15) is 31.7 Å². The lowest BCUT2D eigenvalue weighted by atomic mass is 10.0. The molecule has 0 radical (unpaired) electrons. The highest BCUT2D eigenvalue weighted by molar-refractivity contribution is 7.10. The van der Waals surface area contributed by atoms with Crippen molar-refractivity contribution in [1.82, 2.24) is 15.0 Å². The largest absolute Gasteiger partial charge is 0.467 e. The number of rotatable bonds is 7. The summed E-state index contributed by atoms with van der Waals surface area (Å²) in [4.78, 5) is 14.1. The van der Waals surface area contributed by atoms with Crippen molar-refractivity contribution in [3.8, 4) is 6.01 Å². The van der Waals surface area contributed by atoms with Crippen molar-refractivity contribution in [2.75, 3.05) is 24.3 Å². The van der Waals surface area contributed by atoms with Crippen LogP contribution in [0.3, 0.4) is 0 Å². The van der Waals surface area contributed by atoms with E-state index in [1.54, 1.807) is 18.4 Å². The molecule has 0 amide bonds. The Morgan fingerprint density at radius 3 is 2.57 bits per heavy atom. The van der Waals surface area contributed by atoms with Crippen molar-refractivity contribution < 1.29 is 4.74 Å². The van der Waals surface area contributed by atoms with Crippen LogP contribution >= 0.6 is 11.3 Å². The molecular formula is C14H21N5OS. The van der Waals surface area contributed by atoms with Gasteiger partial charge in [-0.2, -0.15) is 15.0 Å². The van der Waals surface area contributed by atoms with Gasteiger partial charge in [-0.15, -0.1) is 11.3 Å². The van der Waals surface area contributed by atoms with Gasteiger partial charge in [0.2, 0.25) is 11.9 Å². The molecule has 2 aromatic rings. The third kappa shape index (κ3) is 4.04. The standard InChI is InChI=1S/C14H21N5OS/c1-5-15-12-17-13(19-14(18-12)20-4)16-11(9(2)3)10-7-6-8-21-10/h6-9,11H,5H2,1-4H3,(H2,15,16,17,18,19). The summed E-state index contributed by atoms with van der Waals surface area (Å²) in [5.41, 5.74) is 0. The van der Waals surface area contributed by atoms with Gasteiger partial charge in [0.25, 0.3) is 0 Å². The van der Waals surface area contributed by atoms with E-state index in [9.17, 15) is 0 Å². The number of hydrogen-bond donors (Lipinski definition) is 2. The number of hydrogen-bond acceptors (Lipinski definition) is 7. The number of ether oxygens (including phenoxy) is 1. The second-order valence-corrected chi connectivity index (χ2v) is 5.86. The Balaban J connectivity index is 2.25. The third-order valence-corrected chi connectivity index (χ3v) is 3.89. The molecular weight excluding hydrogens is 286 g/mol. The summed E-state index contributed by atoms with van der Waals surface area (Å²) in [5.74, 6) is 1.44. The maximum absolute atomic E-state index is 5.13. The minimum atomic E-state index is 0.159. The van der Waals surface area contributed by atoms with Crippen molar-refractivity contribution in [2.24, 2.45) is 5.92 Å². The molecule has 0 aliphatic carbocycles. The molecule has 0 fully saturated rings. The summed E-state index contributed by atoms with van der Waals surface area (Å²) in [6.07, 6.45) is 0. The van der Waals surface area contributed by atoms with Gasteiger partial charge in [-0.3, -0.25) is 0 Å². The Morgan fingerprint density at radius 1 is 1.24 bits per heavy atom. The molecule has 0 aliphatic rings. The van der Waals surface area contributed by atoms with E-state index in [0.29, 0.717) is 23.8 Å². The molecule has 0 saturated heterocycles. The van der Waals surface area contributed by atoms with Crippen LogP contribution in [0.25, 0.3) is 0 Å². The fraction of sp³-hybridized carbons (Fsp3) is 0.500. The van der Waals surface area contributed by atoms with E-state index in [2.05, 4.69) is 56.9 Å². The van der Waals surface area contributed by atoms with E-state index < -0.39 is 0 Å². The Kier molecular flexibility index (Phi) is 5.32. The first-order valence-electron chi connectivity index (χ1n) is 6.98. The van der Waals surface area contributed by atoms with Gasteiger partial charge in [-0.25, -0.2) is 0 Å². The molecule has 0 bridgehead atoms. The molecule has 0 aliphatic heterocycles. The molecule has 7 heteroatoms. The smallest absolute Gasteiger partial charge is 0.322 e. The van der Waals surface area contributed by atoms with Crippen molar-refractivity contribution in [3.05, 3.63) is 22.4 Å². The number of thiophene rings is 1. The van der Waals surface area contributed by atoms with Gasteiger partial charge in [0.15, 0.2) is 0 Å². The van der Waals surface area contributed by atoms with E-state index >= 15 is 0 Å². The SMILES string of the molecule is CCNc1nc(NC(c2cccs2)C(C)C)nc(OC)n1. The van der Waals surface area contributed by atoms with Crippen LogP contribution in [0, 0.1) is 5.92 Å². The average molecular weight is 307 g/mol. The topological polar surface area (TPSA) is 72.0 Å². The lowest BCUT2D eigenvalue weighted by molar-refractivity contribution is 0.379. The minimum Gasteiger partial charge on any atom is -0.467 e. The maximum Gasteiger partial charge on any atom is 0.322 e. The van der Waals surface area contributed by atoms with Crippen LogP contribution in [0.15, 0.2) is 17.5 Å². The summed E-state index contributed by atoms with van der Waals surface area (Å²) in [5, 5.41) is 8.54. The van der Waals surface area contributed by atoms with Gasteiger partial charge < -0.3 is 15.4 Å². The zero-order valence-electron chi connectivity index (χ0n) is 12.8. The highest BCUT2D eigenvalue weighted by Crippen LogP contribution is 2.29. The van der Waals surface area contributed by atoms with Gasteiger partial charge in [-0.1, -0.05) is 19.9 Å². The first-order valence-corrected chi connectivity index (χ1v) is 7.85. The van der Waals surface area contributed by atoms with E-state index in [4.69, 9.17) is 4.74 Å². The summed E-state index contributed by atoms with van der Waals surface area (Å²) >= 11 is 1.72. The first kappa shape index (κ1) is 15.5. The summed E-state index contributed by atoms with van der Waals surface area (Å²) in [6, 6.07) is 4.63. The second-order valence-electron chi connectivity index (χ2n) is 4.88. The third-order valence-electron chi connectivity index (χ3n) is 2.93. The predicted octanol–water partition coefficient (Wildman–Crippen LogP) is 3.18. The molecule has 2 N–H and O–H groups in total. The lowest BCUT2D eigenvalue weighted by Gasteiger charge is -2.21. The summed E-state index contributed by atoms with van der Waals surface area (Å²) in [6.45, 7) is 7.07. The lowest BCUT2D eigenvalue weighted by Crippen LogP contribution is -2.18. The number of aromatic nitrogens is 3. The van der Waals surface area contributed by atoms with Crippen molar-refractivity contribution in [1.29, 1.82) is 0 Å². The molecule has 1 unspecified atom stereocenters. The van der Waals surface area contributed by atoms with Gasteiger partial charge in [0, 0.05) is 11.4 Å². The predicted molar refractivity (Wildman–Crippen MR) is 86.1 cm³/mol. The number of anilines is 2. The summed E-state index contributed by atoms with van der Waals surface area (Å²) < 4.78 is 5.13. The molecule has 2 aromatic heterocycles. The number of nitrogens with zero attached hydrogens (tertiary/aromatic N) is 3. The van der Waals surface area contributed by atoms with Crippen LogP contribution < -0.4 is 15.4 Å². The maximum atomic E-state index is 5.13. The molecule has 0 spiro atoms. The second kappa shape index (κ2) is 7.21. The number of methoxy groups -OCH3 is 1. The molecule has 1 atom stereocenters. The van der Waals surface area contributed by atoms with Crippen molar-refractivity contribution >= 4 is 23.2 Å². The van der Waals surface area contributed by atoms with Crippen molar-refractivity contribution in [3.63, 3.8) is 0 Å². The number of nitrogens with one attached hydrogen (secondary N) is 2. The van der Waals surface area contributed by atoms with Gasteiger partial charge in [-0.05, 0) is 24.3 Å². The molecule has 21 heavy (non-hydrogen) atoms. The summed E-state index contributed by atoms with van der Waals surface area (Å²) in [7, 11) is 1.55.